The summed E-state index contributed by atoms with van der Waals surface area (Å²) in [6.07, 6.45) is 0.0376. The van der Waals surface area contributed by atoms with Crippen LogP contribution in [0.15, 0.2) is 48.5 Å². The average Bonchev–Trinajstić information content (AvgIpc) is 2.66. The molecule has 0 aliphatic heterocycles. The highest BCUT2D eigenvalue weighted by atomic mass is 35.5. The Bertz CT molecular complexity index is 826. The second-order valence-electron chi connectivity index (χ2n) is 7.20. The third-order valence-electron chi connectivity index (χ3n) is 4.45. The van der Waals surface area contributed by atoms with Crippen molar-refractivity contribution in [1.29, 1.82) is 0 Å². The molecule has 1 atom stereocenters. The van der Waals surface area contributed by atoms with Crippen molar-refractivity contribution in [3.8, 4) is 0 Å². The molecule has 0 saturated heterocycles. The fraction of sp³-hybridized carbons (Fsp3) is 0.364. The molecule has 2 amide bonds. The first kappa shape index (κ1) is 21.9. The second-order valence-corrected chi connectivity index (χ2v) is 7.60. The molecule has 28 heavy (non-hydrogen) atoms. The molecule has 0 saturated carbocycles. The third kappa shape index (κ3) is 6.06. The van der Waals surface area contributed by atoms with Crippen LogP contribution < -0.4 is 5.32 Å². The molecular weight excluding hydrogens is 379 g/mol. The van der Waals surface area contributed by atoms with Crippen molar-refractivity contribution >= 4 is 23.4 Å². The predicted octanol–water partition coefficient (Wildman–Crippen LogP) is 4.21. The molecule has 1 unspecified atom stereocenters. The topological polar surface area (TPSA) is 49.4 Å². The Labute approximate surface area is 170 Å². The number of carbonyl (C=O) groups excluding carboxylic acids is 2. The maximum atomic E-state index is 14.2. The monoisotopic (exact) mass is 404 g/mol. The summed E-state index contributed by atoms with van der Waals surface area (Å²) in [5.74, 6) is -0.677. The van der Waals surface area contributed by atoms with Gasteiger partial charge in [0.05, 0.1) is 6.42 Å². The van der Waals surface area contributed by atoms with Crippen molar-refractivity contribution in [2.75, 3.05) is 6.54 Å². The van der Waals surface area contributed by atoms with Gasteiger partial charge < -0.3 is 10.2 Å². The van der Waals surface area contributed by atoms with E-state index in [0.29, 0.717) is 22.7 Å². The lowest BCUT2D eigenvalue weighted by Crippen LogP contribution is -2.48. The van der Waals surface area contributed by atoms with Gasteiger partial charge >= 0.3 is 0 Å². The van der Waals surface area contributed by atoms with E-state index in [9.17, 15) is 14.0 Å². The van der Waals surface area contributed by atoms with E-state index in [2.05, 4.69) is 5.32 Å². The first-order valence-corrected chi connectivity index (χ1v) is 9.71. The van der Waals surface area contributed by atoms with Crippen LogP contribution in [0.5, 0.6) is 0 Å². The van der Waals surface area contributed by atoms with E-state index in [1.807, 2.05) is 13.8 Å². The molecule has 0 radical (unpaired) electrons. The summed E-state index contributed by atoms with van der Waals surface area (Å²) in [6, 6.07) is 12.6. The molecule has 0 fully saturated rings. The summed E-state index contributed by atoms with van der Waals surface area (Å²) in [5, 5.41) is 3.33. The first-order chi connectivity index (χ1) is 13.3. The van der Waals surface area contributed by atoms with E-state index in [1.54, 1.807) is 49.4 Å². The number of carbonyl (C=O) groups is 2. The number of halogens is 2. The molecule has 6 heteroatoms. The minimum atomic E-state index is -0.742. The minimum Gasteiger partial charge on any atom is -0.354 e. The summed E-state index contributed by atoms with van der Waals surface area (Å²) in [5.41, 5.74) is 1.03. The number of benzene rings is 2. The van der Waals surface area contributed by atoms with Crippen LogP contribution in [-0.2, 0) is 22.6 Å². The molecule has 0 aromatic heterocycles. The molecule has 1 N–H and O–H groups in total. The lowest BCUT2D eigenvalue weighted by atomic mass is 10.1. The summed E-state index contributed by atoms with van der Waals surface area (Å²) in [6.45, 7) is 6.15. The number of rotatable bonds is 8. The van der Waals surface area contributed by atoms with Gasteiger partial charge in [-0.3, -0.25) is 9.59 Å². The number of hydrogen-bond donors (Lipinski definition) is 1. The summed E-state index contributed by atoms with van der Waals surface area (Å²) in [4.78, 5) is 27.0. The molecule has 2 aromatic rings. The highest BCUT2D eigenvalue weighted by molar-refractivity contribution is 6.31. The zero-order valence-corrected chi connectivity index (χ0v) is 17.2. The molecule has 150 valence electrons. The van der Waals surface area contributed by atoms with Crippen LogP contribution in [-0.4, -0.2) is 29.3 Å². The average molecular weight is 405 g/mol. The fourth-order valence-electron chi connectivity index (χ4n) is 2.75. The third-order valence-corrected chi connectivity index (χ3v) is 4.82. The van der Waals surface area contributed by atoms with Crippen molar-refractivity contribution < 1.29 is 14.0 Å². The number of amides is 2. The molecule has 2 rings (SSSR count). The van der Waals surface area contributed by atoms with E-state index in [0.717, 1.165) is 0 Å². The summed E-state index contributed by atoms with van der Waals surface area (Å²) in [7, 11) is 0. The van der Waals surface area contributed by atoms with Gasteiger partial charge in [0.1, 0.15) is 11.9 Å². The minimum absolute atomic E-state index is 0.00618. The van der Waals surface area contributed by atoms with Gasteiger partial charge in [-0.25, -0.2) is 4.39 Å². The van der Waals surface area contributed by atoms with E-state index in [1.165, 1.54) is 11.0 Å². The van der Waals surface area contributed by atoms with E-state index < -0.39 is 11.9 Å². The van der Waals surface area contributed by atoms with E-state index >= 15 is 0 Å². The van der Waals surface area contributed by atoms with Crippen molar-refractivity contribution in [2.24, 2.45) is 5.92 Å². The Balaban J connectivity index is 2.24. The molecule has 2 aromatic carbocycles. The van der Waals surface area contributed by atoms with Gasteiger partial charge in [0.2, 0.25) is 11.8 Å². The molecule has 0 heterocycles. The van der Waals surface area contributed by atoms with Gasteiger partial charge in [-0.05, 0) is 30.5 Å². The van der Waals surface area contributed by atoms with Crippen LogP contribution in [0.25, 0.3) is 0 Å². The van der Waals surface area contributed by atoms with Crippen LogP contribution in [0.3, 0.4) is 0 Å². The van der Waals surface area contributed by atoms with Gasteiger partial charge in [-0.1, -0.05) is 61.8 Å². The molecule has 0 aliphatic carbocycles. The largest absolute Gasteiger partial charge is 0.354 e. The maximum Gasteiger partial charge on any atom is 0.242 e. The van der Waals surface area contributed by atoms with Crippen molar-refractivity contribution in [2.45, 2.75) is 39.8 Å². The van der Waals surface area contributed by atoms with Crippen molar-refractivity contribution in [1.82, 2.24) is 10.2 Å². The lowest BCUT2D eigenvalue weighted by molar-refractivity contribution is -0.140. The SMILES string of the molecule is CC(C)CNC(=O)C(C)N(Cc1ccccc1F)C(=O)Cc1ccccc1Cl. The fourth-order valence-corrected chi connectivity index (χ4v) is 2.95. The van der Waals surface area contributed by atoms with Crippen LogP contribution >= 0.6 is 11.6 Å². The predicted molar refractivity (Wildman–Crippen MR) is 109 cm³/mol. The zero-order valence-electron chi connectivity index (χ0n) is 16.4. The number of nitrogens with zero attached hydrogens (tertiary/aromatic N) is 1. The van der Waals surface area contributed by atoms with E-state index in [4.69, 9.17) is 11.6 Å². The van der Waals surface area contributed by atoms with Gasteiger partial charge in [0, 0.05) is 23.7 Å². The first-order valence-electron chi connectivity index (χ1n) is 9.33. The standard InChI is InChI=1S/C22H26ClFN2O2/c1-15(2)13-25-22(28)16(3)26(14-18-9-5-7-11-20(18)24)21(27)12-17-8-4-6-10-19(17)23/h4-11,15-16H,12-14H2,1-3H3,(H,25,28). The Hall–Kier alpha value is -2.40. The van der Waals surface area contributed by atoms with Crippen LogP contribution in [0.1, 0.15) is 31.9 Å². The van der Waals surface area contributed by atoms with Crippen molar-refractivity contribution in [3.63, 3.8) is 0 Å². The molecule has 0 aliphatic rings. The summed E-state index contributed by atoms with van der Waals surface area (Å²) < 4.78 is 14.2. The Morgan fingerprint density at radius 2 is 1.64 bits per heavy atom. The normalized spacial score (nSPS) is 11.9. The number of nitrogens with one attached hydrogen (secondary N) is 1. The Kier molecular flexibility index (Phi) is 8.00. The highest BCUT2D eigenvalue weighted by Gasteiger charge is 2.27. The number of hydrogen-bond acceptors (Lipinski definition) is 2. The zero-order chi connectivity index (χ0) is 20.7. The maximum absolute atomic E-state index is 14.2. The molecule has 0 bridgehead atoms. The Morgan fingerprint density at radius 1 is 1.04 bits per heavy atom. The van der Waals surface area contributed by atoms with E-state index in [-0.39, 0.29) is 30.7 Å². The lowest BCUT2D eigenvalue weighted by Gasteiger charge is -2.29. The Morgan fingerprint density at radius 3 is 2.25 bits per heavy atom. The van der Waals surface area contributed by atoms with Crippen molar-refractivity contribution in [3.05, 3.63) is 70.5 Å². The van der Waals surface area contributed by atoms with Crippen LogP contribution in [0.2, 0.25) is 5.02 Å². The molecule has 0 spiro atoms. The van der Waals surface area contributed by atoms with Crippen LogP contribution in [0.4, 0.5) is 4.39 Å². The second kappa shape index (κ2) is 10.2. The molecule has 4 nitrogen and oxygen atoms in total. The van der Waals surface area contributed by atoms with Crippen LogP contribution in [0, 0.1) is 11.7 Å². The molecular formula is C22H26ClFN2O2. The quantitative estimate of drug-likeness (QED) is 0.716. The highest BCUT2D eigenvalue weighted by Crippen LogP contribution is 2.19. The van der Waals surface area contributed by atoms with Gasteiger partial charge in [0.25, 0.3) is 0 Å². The smallest absolute Gasteiger partial charge is 0.242 e. The van der Waals surface area contributed by atoms with Gasteiger partial charge in [-0.15, -0.1) is 0 Å². The summed E-state index contributed by atoms with van der Waals surface area (Å²) >= 11 is 6.18. The van der Waals surface area contributed by atoms with Gasteiger partial charge in [-0.2, -0.15) is 0 Å². The van der Waals surface area contributed by atoms with Gasteiger partial charge in [0.15, 0.2) is 0 Å².